The zero-order chi connectivity index (χ0) is 20.1. The Morgan fingerprint density at radius 3 is 2.43 bits per heavy atom. The van der Waals surface area contributed by atoms with Crippen molar-refractivity contribution in [2.75, 3.05) is 10.7 Å². The first kappa shape index (κ1) is 19.5. The molecule has 9 nitrogen and oxygen atoms in total. The molecule has 0 saturated heterocycles. The molecule has 2 aromatic carbocycles. The normalized spacial score (nSPS) is 10.2. The van der Waals surface area contributed by atoms with Crippen LogP contribution >= 0.6 is 27.5 Å². The van der Waals surface area contributed by atoms with Crippen molar-refractivity contribution in [1.82, 2.24) is 15.4 Å². The predicted octanol–water partition coefficient (Wildman–Crippen LogP) is 4.30. The first-order valence-electron chi connectivity index (χ1n) is 7.78. The molecule has 0 unspecified atom stereocenters. The molecule has 11 heteroatoms. The number of hydrogen-bond donors (Lipinski definition) is 3. The molecule has 1 amide bonds. The molecule has 0 spiro atoms. The number of carbonyl (C=O) groups excluding carboxylic acids is 1. The minimum Gasteiger partial charge on any atom is -0.334 e. The number of hydrogen-bond acceptors (Lipinski definition) is 7. The fourth-order valence-electron chi connectivity index (χ4n) is 2.23. The third-order valence-electron chi connectivity index (χ3n) is 3.52. The third kappa shape index (κ3) is 4.53. The van der Waals surface area contributed by atoms with Crippen LogP contribution in [0.4, 0.5) is 23.0 Å². The maximum Gasteiger partial charge on any atom is 0.355 e. The van der Waals surface area contributed by atoms with E-state index in [1.54, 1.807) is 42.5 Å². The second-order valence-corrected chi connectivity index (χ2v) is 6.69. The highest BCUT2D eigenvalue weighted by atomic mass is 79.9. The number of nitrogens with one attached hydrogen (secondary N) is 3. The fraction of sp³-hybridized carbons (Fsp3) is 0. The van der Waals surface area contributed by atoms with E-state index >= 15 is 0 Å². The lowest BCUT2D eigenvalue weighted by Crippen LogP contribution is -2.30. The van der Waals surface area contributed by atoms with Crippen molar-refractivity contribution in [3.05, 3.63) is 80.0 Å². The lowest BCUT2D eigenvalue weighted by atomic mass is 10.2. The van der Waals surface area contributed by atoms with Crippen molar-refractivity contribution in [3.8, 4) is 0 Å². The molecule has 3 N–H and O–H groups in total. The molecule has 142 valence electrons. The largest absolute Gasteiger partial charge is 0.355 e. The van der Waals surface area contributed by atoms with Gasteiger partial charge in [0.05, 0.1) is 15.5 Å². The Labute approximate surface area is 172 Å². The summed E-state index contributed by atoms with van der Waals surface area (Å²) in [7, 11) is 0. The number of amides is 1. The monoisotopic (exact) mass is 462 g/mol. The van der Waals surface area contributed by atoms with Crippen LogP contribution < -0.4 is 16.2 Å². The van der Waals surface area contributed by atoms with Gasteiger partial charge in [-0.2, -0.15) is 0 Å². The van der Waals surface area contributed by atoms with Crippen LogP contribution in [0, 0.1) is 10.1 Å². The second kappa shape index (κ2) is 8.63. The van der Waals surface area contributed by atoms with Crippen molar-refractivity contribution in [1.29, 1.82) is 0 Å². The molecular weight excluding hydrogens is 452 g/mol. The van der Waals surface area contributed by atoms with Gasteiger partial charge >= 0.3 is 5.69 Å². The standard InChI is InChI=1S/C17H12BrClN6O3/c18-10-5-7-11(8-6-10)22-15-14(25(27)28)16(21-9-20-15)23-24-17(26)12-3-1-2-4-13(12)19/h1-9H,(H,24,26)(H2,20,21,22,23). The zero-order valence-electron chi connectivity index (χ0n) is 14.0. The average Bonchev–Trinajstić information content (AvgIpc) is 2.68. The van der Waals surface area contributed by atoms with Gasteiger partial charge in [-0.15, -0.1) is 0 Å². The Morgan fingerprint density at radius 2 is 1.75 bits per heavy atom. The average molecular weight is 464 g/mol. The van der Waals surface area contributed by atoms with Crippen LogP contribution in [0.2, 0.25) is 5.02 Å². The highest BCUT2D eigenvalue weighted by Crippen LogP contribution is 2.31. The molecule has 0 saturated carbocycles. The van der Waals surface area contributed by atoms with Gasteiger partial charge < -0.3 is 5.32 Å². The van der Waals surface area contributed by atoms with Gasteiger partial charge in [-0.25, -0.2) is 9.97 Å². The summed E-state index contributed by atoms with van der Waals surface area (Å²) in [4.78, 5) is 30.9. The maximum absolute atomic E-state index is 12.2. The van der Waals surface area contributed by atoms with Gasteiger partial charge in [0.1, 0.15) is 6.33 Å². The summed E-state index contributed by atoms with van der Waals surface area (Å²) < 4.78 is 0.861. The molecule has 1 heterocycles. The molecule has 3 aromatic rings. The molecule has 0 radical (unpaired) electrons. The third-order valence-corrected chi connectivity index (χ3v) is 4.38. The SMILES string of the molecule is O=C(NNc1ncnc(Nc2ccc(Br)cc2)c1[N+](=O)[O-])c1ccccc1Cl. The number of hydrazine groups is 1. The summed E-state index contributed by atoms with van der Waals surface area (Å²) in [5.41, 5.74) is 5.18. The summed E-state index contributed by atoms with van der Waals surface area (Å²) in [6.07, 6.45) is 1.14. The lowest BCUT2D eigenvalue weighted by Gasteiger charge is -2.11. The van der Waals surface area contributed by atoms with Gasteiger partial charge in [0.2, 0.25) is 11.6 Å². The molecular formula is C17H12BrClN6O3. The van der Waals surface area contributed by atoms with E-state index in [0.29, 0.717) is 5.69 Å². The number of rotatable bonds is 6. The van der Waals surface area contributed by atoms with Gasteiger partial charge in [-0.1, -0.05) is 39.7 Å². The van der Waals surface area contributed by atoms with Gasteiger partial charge in [-0.05, 0) is 36.4 Å². The minimum atomic E-state index is -0.648. The molecule has 0 aliphatic rings. The topological polar surface area (TPSA) is 122 Å². The molecule has 0 atom stereocenters. The lowest BCUT2D eigenvalue weighted by molar-refractivity contribution is -0.383. The van der Waals surface area contributed by atoms with E-state index in [9.17, 15) is 14.9 Å². The van der Waals surface area contributed by atoms with Crippen LogP contribution in [0.1, 0.15) is 10.4 Å². The van der Waals surface area contributed by atoms with Crippen LogP contribution in [0.3, 0.4) is 0 Å². The van der Waals surface area contributed by atoms with E-state index < -0.39 is 16.5 Å². The predicted molar refractivity (Wildman–Crippen MR) is 109 cm³/mol. The summed E-state index contributed by atoms with van der Waals surface area (Å²) in [5.74, 6) is -0.780. The van der Waals surface area contributed by atoms with Gasteiger partial charge in [0.25, 0.3) is 5.91 Å². The number of anilines is 3. The maximum atomic E-state index is 12.2. The number of aromatic nitrogens is 2. The highest BCUT2D eigenvalue weighted by Gasteiger charge is 2.24. The van der Waals surface area contributed by atoms with Crippen molar-refractivity contribution in [3.63, 3.8) is 0 Å². The number of halogens is 2. The van der Waals surface area contributed by atoms with Crippen LogP contribution in [0.15, 0.2) is 59.3 Å². The first-order valence-corrected chi connectivity index (χ1v) is 8.95. The molecule has 0 bridgehead atoms. The summed E-state index contributed by atoms with van der Waals surface area (Å²) in [6.45, 7) is 0. The number of carbonyl (C=O) groups is 1. The Hall–Kier alpha value is -3.24. The fourth-order valence-corrected chi connectivity index (χ4v) is 2.72. The second-order valence-electron chi connectivity index (χ2n) is 5.37. The minimum absolute atomic E-state index is 0.0307. The highest BCUT2D eigenvalue weighted by molar-refractivity contribution is 9.10. The van der Waals surface area contributed by atoms with Crippen molar-refractivity contribution in [2.24, 2.45) is 0 Å². The molecule has 1 aromatic heterocycles. The Kier molecular flexibility index (Phi) is 6.02. The van der Waals surface area contributed by atoms with Gasteiger partial charge in [-0.3, -0.25) is 25.8 Å². The van der Waals surface area contributed by atoms with E-state index in [2.05, 4.69) is 42.1 Å². The van der Waals surface area contributed by atoms with E-state index in [0.717, 1.165) is 10.8 Å². The van der Waals surface area contributed by atoms with Gasteiger partial charge in [0, 0.05) is 10.2 Å². The van der Waals surface area contributed by atoms with Crippen molar-refractivity contribution >= 4 is 56.4 Å². The Balaban J connectivity index is 1.83. The summed E-state index contributed by atoms with van der Waals surface area (Å²) in [5, 5.41) is 14.7. The molecule has 0 aliphatic carbocycles. The number of nitro groups is 1. The molecule has 0 fully saturated rings. The summed E-state index contributed by atoms with van der Waals surface area (Å²) in [6, 6.07) is 13.4. The van der Waals surface area contributed by atoms with E-state index in [1.165, 1.54) is 6.07 Å². The van der Waals surface area contributed by atoms with Crippen LogP contribution in [0.5, 0.6) is 0 Å². The smallest absolute Gasteiger partial charge is 0.334 e. The van der Waals surface area contributed by atoms with Crippen LogP contribution in [-0.4, -0.2) is 20.8 Å². The van der Waals surface area contributed by atoms with E-state index in [4.69, 9.17) is 11.6 Å². The van der Waals surface area contributed by atoms with Crippen molar-refractivity contribution in [2.45, 2.75) is 0 Å². The van der Waals surface area contributed by atoms with Gasteiger partial charge in [0.15, 0.2) is 0 Å². The van der Waals surface area contributed by atoms with Crippen molar-refractivity contribution < 1.29 is 9.72 Å². The number of nitrogens with zero attached hydrogens (tertiary/aromatic N) is 3. The van der Waals surface area contributed by atoms with Crippen LogP contribution in [-0.2, 0) is 0 Å². The quantitative estimate of drug-likeness (QED) is 0.368. The first-order chi connectivity index (χ1) is 13.5. The molecule has 0 aliphatic heterocycles. The Bertz CT molecular complexity index is 1030. The number of benzene rings is 2. The van der Waals surface area contributed by atoms with E-state index in [1.807, 2.05) is 0 Å². The zero-order valence-corrected chi connectivity index (χ0v) is 16.4. The summed E-state index contributed by atoms with van der Waals surface area (Å²) >= 11 is 9.29. The molecule has 3 rings (SSSR count). The molecule has 28 heavy (non-hydrogen) atoms. The van der Waals surface area contributed by atoms with E-state index in [-0.39, 0.29) is 22.2 Å². The van der Waals surface area contributed by atoms with Crippen LogP contribution in [0.25, 0.3) is 0 Å². The Morgan fingerprint density at radius 1 is 1.07 bits per heavy atom.